The molecule has 0 saturated carbocycles. The number of rotatable bonds is 3. The summed E-state index contributed by atoms with van der Waals surface area (Å²) in [5, 5.41) is 1.07. The van der Waals surface area contributed by atoms with Gasteiger partial charge in [-0.25, -0.2) is 4.39 Å². The van der Waals surface area contributed by atoms with E-state index in [0.717, 1.165) is 0 Å². The van der Waals surface area contributed by atoms with Crippen LogP contribution in [0.25, 0.3) is 0 Å². The fourth-order valence-electron chi connectivity index (χ4n) is 1.33. The largest absolute Gasteiger partial charge is 0.291 e. The molecule has 0 aliphatic heterocycles. The van der Waals surface area contributed by atoms with Gasteiger partial charge in [0.15, 0.2) is 5.78 Å². The Morgan fingerprint density at radius 1 is 1.25 bits per heavy atom. The number of alkyl halides is 1. The van der Waals surface area contributed by atoms with Crippen molar-refractivity contribution in [1.82, 2.24) is 0 Å². The van der Waals surface area contributed by atoms with Gasteiger partial charge in [0.05, 0.1) is 4.88 Å². The van der Waals surface area contributed by atoms with E-state index in [4.69, 9.17) is 11.6 Å². The minimum Gasteiger partial charge on any atom is -0.291 e. The van der Waals surface area contributed by atoms with Crippen LogP contribution >= 0.6 is 22.9 Å². The lowest BCUT2D eigenvalue weighted by molar-refractivity contribution is 0.0991. The van der Waals surface area contributed by atoms with Crippen LogP contribution in [0.3, 0.4) is 0 Å². The molecule has 0 aliphatic rings. The highest BCUT2D eigenvalue weighted by Gasteiger charge is 2.19. The van der Waals surface area contributed by atoms with Crippen LogP contribution in [0.1, 0.15) is 20.6 Å². The van der Waals surface area contributed by atoms with Crippen molar-refractivity contribution in [2.24, 2.45) is 0 Å². The van der Waals surface area contributed by atoms with Crippen LogP contribution in [0.2, 0.25) is 0 Å². The Balaban J connectivity index is 2.22. The summed E-state index contributed by atoms with van der Waals surface area (Å²) < 4.78 is 12.7. The second-order valence-electron chi connectivity index (χ2n) is 3.26. The first-order valence-electron chi connectivity index (χ1n) is 4.66. The molecule has 1 atom stereocenters. The van der Waals surface area contributed by atoms with Crippen LogP contribution in [0.5, 0.6) is 0 Å². The Labute approximate surface area is 101 Å². The van der Waals surface area contributed by atoms with Gasteiger partial charge in [-0.15, -0.1) is 22.9 Å². The summed E-state index contributed by atoms with van der Waals surface area (Å²) in [5.74, 6) is -0.487. The van der Waals surface area contributed by atoms with Gasteiger partial charge in [-0.3, -0.25) is 4.79 Å². The molecule has 0 bridgehead atoms. The van der Waals surface area contributed by atoms with Gasteiger partial charge < -0.3 is 0 Å². The lowest BCUT2D eigenvalue weighted by Gasteiger charge is -2.07. The maximum absolute atomic E-state index is 12.7. The summed E-state index contributed by atoms with van der Waals surface area (Å²) >= 11 is 7.38. The van der Waals surface area contributed by atoms with E-state index in [1.165, 1.54) is 35.6 Å². The molecule has 0 spiro atoms. The van der Waals surface area contributed by atoms with Crippen LogP contribution in [-0.4, -0.2) is 5.78 Å². The quantitative estimate of drug-likeness (QED) is 0.597. The second-order valence-corrected chi connectivity index (χ2v) is 4.64. The topological polar surface area (TPSA) is 17.1 Å². The zero-order valence-electron chi connectivity index (χ0n) is 8.19. The van der Waals surface area contributed by atoms with Crippen molar-refractivity contribution in [3.63, 3.8) is 0 Å². The van der Waals surface area contributed by atoms with E-state index in [1.807, 2.05) is 5.38 Å². The molecular weight excluding hydrogens is 247 g/mol. The zero-order valence-corrected chi connectivity index (χ0v) is 9.76. The molecule has 1 nitrogen and oxygen atoms in total. The molecule has 1 aromatic heterocycles. The van der Waals surface area contributed by atoms with Gasteiger partial charge in [0.25, 0.3) is 0 Å². The monoisotopic (exact) mass is 254 g/mol. The molecule has 1 unspecified atom stereocenters. The average molecular weight is 255 g/mol. The SMILES string of the molecule is O=C(c1cccs1)C(Cl)c1ccc(F)cc1. The summed E-state index contributed by atoms with van der Waals surface area (Å²) in [5.41, 5.74) is 0.612. The summed E-state index contributed by atoms with van der Waals surface area (Å²) in [4.78, 5) is 12.5. The molecule has 82 valence electrons. The number of benzene rings is 1. The van der Waals surface area contributed by atoms with Crippen LogP contribution < -0.4 is 0 Å². The fraction of sp³-hybridized carbons (Fsp3) is 0.0833. The number of Topliss-reactive ketones (excluding diaryl/α,β-unsaturated/α-hetero) is 1. The van der Waals surface area contributed by atoms with Crippen LogP contribution in [0, 0.1) is 5.82 Å². The number of carbonyl (C=O) groups is 1. The van der Waals surface area contributed by atoms with Gasteiger partial charge >= 0.3 is 0 Å². The smallest absolute Gasteiger partial charge is 0.195 e. The van der Waals surface area contributed by atoms with Crippen molar-refractivity contribution in [2.75, 3.05) is 0 Å². The molecule has 0 fully saturated rings. The van der Waals surface area contributed by atoms with Crippen LogP contribution in [0.4, 0.5) is 4.39 Å². The number of ketones is 1. The molecule has 1 heterocycles. The number of thiophene rings is 1. The number of hydrogen-bond donors (Lipinski definition) is 0. The predicted molar refractivity (Wildman–Crippen MR) is 63.6 cm³/mol. The van der Waals surface area contributed by atoms with E-state index in [-0.39, 0.29) is 11.6 Å². The maximum atomic E-state index is 12.7. The Morgan fingerprint density at radius 2 is 1.94 bits per heavy atom. The molecule has 0 saturated heterocycles. The molecule has 0 amide bonds. The van der Waals surface area contributed by atoms with Gasteiger partial charge in [-0.2, -0.15) is 0 Å². The molecule has 1 aromatic carbocycles. The highest BCUT2D eigenvalue weighted by molar-refractivity contribution is 7.12. The Kier molecular flexibility index (Phi) is 3.36. The molecule has 2 aromatic rings. The maximum Gasteiger partial charge on any atom is 0.195 e. The van der Waals surface area contributed by atoms with Gasteiger partial charge in [-0.05, 0) is 29.1 Å². The minimum absolute atomic E-state index is 0.150. The first kappa shape index (κ1) is 11.3. The fourth-order valence-corrected chi connectivity index (χ4v) is 2.35. The number of hydrogen-bond acceptors (Lipinski definition) is 2. The first-order chi connectivity index (χ1) is 7.68. The van der Waals surface area contributed by atoms with Crippen molar-refractivity contribution >= 4 is 28.7 Å². The van der Waals surface area contributed by atoms with Crippen molar-refractivity contribution in [1.29, 1.82) is 0 Å². The molecular formula is C12H8ClFOS. The molecule has 4 heteroatoms. The van der Waals surface area contributed by atoms with Gasteiger partial charge in [0.1, 0.15) is 11.2 Å². The summed E-state index contributed by atoms with van der Waals surface area (Å²) in [6, 6.07) is 9.17. The first-order valence-corrected chi connectivity index (χ1v) is 5.97. The van der Waals surface area contributed by atoms with Crippen LogP contribution in [-0.2, 0) is 0 Å². The molecule has 0 N–H and O–H groups in total. The van der Waals surface area contributed by atoms with Gasteiger partial charge in [0, 0.05) is 0 Å². The van der Waals surface area contributed by atoms with E-state index in [2.05, 4.69) is 0 Å². The minimum atomic E-state index is -0.751. The van der Waals surface area contributed by atoms with Crippen molar-refractivity contribution in [2.45, 2.75) is 5.38 Å². The van der Waals surface area contributed by atoms with Gasteiger partial charge in [0.2, 0.25) is 0 Å². The lowest BCUT2D eigenvalue weighted by Crippen LogP contribution is -2.05. The second kappa shape index (κ2) is 4.76. The number of halogens is 2. The zero-order chi connectivity index (χ0) is 11.5. The van der Waals surface area contributed by atoms with Crippen molar-refractivity contribution in [3.8, 4) is 0 Å². The molecule has 16 heavy (non-hydrogen) atoms. The lowest BCUT2D eigenvalue weighted by atomic mass is 10.1. The van der Waals surface area contributed by atoms with Crippen molar-refractivity contribution < 1.29 is 9.18 Å². The summed E-state index contributed by atoms with van der Waals surface area (Å²) in [7, 11) is 0. The van der Waals surface area contributed by atoms with E-state index in [0.29, 0.717) is 10.4 Å². The molecule has 0 radical (unpaired) electrons. The summed E-state index contributed by atoms with van der Waals surface area (Å²) in [6.07, 6.45) is 0. The van der Waals surface area contributed by atoms with Gasteiger partial charge in [-0.1, -0.05) is 18.2 Å². The Hall–Kier alpha value is -1.19. The third-order valence-corrected chi connectivity index (χ3v) is 3.49. The standard InChI is InChI=1S/C12H8ClFOS/c13-11(8-3-5-9(14)6-4-8)12(15)10-2-1-7-16-10/h1-7,11H. The molecule has 0 aliphatic carbocycles. The van der Waals surface area contributed by atoms with E-state index >= 15 is 0 Å². The third kappa shape index (κ3) is 2.31. The Morgan fingerprint density at radius 3 is 2.50 bits per heavy atom. The van der Waals surface area contributed by atoms with E-state index in [9.17, 15) is 9.18 Å². The highest BCUT2D eigenvalue weighted by Crippen LogP contribution is 2.26. The van der Waals surface area contributed by atoms with Crippen molar-refractivity contribution in [3.05, 3.63) is 58.0 Å². The summed E-state index contributed by atoms with van der Waals surface area (Å²) in [6.45, 7) is 0. The predicted octanol–water partition coefficient (Wildman–Crippen LogP) is 4.05. The van der Waals surface area contributed by atoms with Crippen LogP contribution in [0.15, 0.2) is 41.8 Å². The molecule has 2 rings (SSSR count). The number of carbonyl (C=O) groups excluding carboxylic acids is 1. The normalized spacial score (nSPS) is 12.4. The third-order valence-electron chi connectivity index (χ3n) is 2.16. The van der Waals surface area contributed by atoms with E-state index < -0.39 is 5.38 Å². The highest BCUT2D eigenvalue weighted by atomic mass is 35.5. The Bertz CT molecular complexity index is 478. The van der Waals surface area contributed by atoms with E-state index in [1.54, 1.807) is 12.1 Å². The average Bonchev–Trinajstić information content (AvgIpc) is 2.81.